The van der Waals surface area contributed by atoms with Gasteiger partial charge in [-0.2, -0.15) is 0 Å². The molecular formula is C23H27N3O2S2. The van der Waals surface area contributed by atoms with E-state index in [4.69, 9.17) is 0 Å². The van der Waals surface area contributed by atoms with Crippen LogP contribution in [0.25, 0.3) is 10.1 Å². The molecule has 0 unspecified atom stereocenters. The second kappa shape index (κ2) is 8.86. The van der Waals surface area contributed by atoms with Crippen LogP contribution in [-0.4, -0.2) is 53.3 Å². The summed E-state index contributed by atoms with van der Waals surface area (Å²) in [5.74, 6) is 0.123. The van der Waals surface area contributed by atoms with Crippen molar-refractivity contribution in [1.29, 1.82) is 0 Å². The van der Waals surface area contributed by atoms with Gasteiger partial charge in [0.15, 0.2) is 0 Å². The summed E-state index contributed by atoms with van der Waals surface area (Å²) in [7, 11) is 3.59. The third-order valence-electron chi connectivity index (χ3n) is 5.82. The van der Waals surface area contributed by atoms with Gasteiger partial charge in [-0.1, -0.05) is 31.0 Å². The first-order chi connectivity index (χ1) is 14.5. The molecule has 1 aliphatic rings. The summed E-state index contributed by atoms with van der Waals surface area (Å²) in [6.45, 7) is 2.66. The van der Waals surface area contributed by atoms with Crippen LogP contribution in [0.4, 0.5) is 0 Å². The first-order valence-electron chi connectivity index (χ1n) is 10.4. The van der Waals surface area contributed by atoms with Gasteiger partial charge in [0.25, 0.3) is 11.8 Å². The molecule has 0 spiro atoms. The molecule has 30 heavy (non-hydrogen) atoms. The van der Waals surface area contributed by atoms with Gasteiger partial charge in [0.2, 0.25) is 0 Å². The number of hydrogen-bond donors (Lipinski definition) is 0. The van der Waals surface area contributed by atoms with Gasteiger partial charge in [0, 0.05) is 31.4 Å². The van der Waals surface area contributed by atoms with Crippen LogP contribution in [0.15, 0.2) is 29.8 Å². The van der Waals surface area contributed by atoms with Gasteiger partial charge in [-0.15, -0.1) is 22.7 Å². The Labute approximate surface area is 185 Å². The van der Waals surface area contributed by atoms with Crippen molar-refractivity contribution in [1.82, 2.24) is 14.8 Å². The lowest BCUT2D eigenvalue weighted by atomic mass is 9.97. The minimum absolute atomic E-state index is 0.0380. The Morgan fingerprint density at radius 2 is 1.97 bits per heavy atom. The predicted octanol–water partition coefficient (Wildman–Crippen LogP) is 5.00. The van der Waals surface area contributed by atoms with Gasteiger partial charge in [-0.25, -0.2) is 4.98 Å². The lowest BCUT2D eigenvalue weighted by Gasteiger charge is -2.30. The molecule has 0 aliphatic carbocycles. The summed E-state index contributed by atoms with van der Waals surface area (Å²) in [6, 6.07) is 8.31. The zero-order valence-electron chi connectivity index (χ0n) is 17.7. The zero-order valence-corrected chi connectivity index (χ0v) is 19.3. The Kier molecular flexibility index (Phi) is 6.20. The lowest BCUT2D eigenvalue weighted by Crippen LogP contribution is -2.41. The third-order valence-corrected chi connectivity index (χ3v) is 7.93. The van der Waals surface area contributed by atoms with E-state index in [0.29, 0.717) is 6.42 Å². The number of carbonyl (C=O) groups is 2. The standard InChI is InChI=1S/C23H27N3O2S2/c1-15-20(29-14-24-15)23(28)26-12-8-4-5-9-16(26)13-18-17-10-6-7-11-19(17)30-21(18)22(27)25(2)3/h6-7,10-11,14,16H,4-5,8-9,12-13H2,1-3H3/t16-/m0/s1. The molecule has 2 aromatic heterocycles. The number of aryl methyl sites for hydroxylation is 1. The molecule has 1 atom stereocenters. The maximum absolute atomic E-state index is 13.4. The van der Waals surface area contributed by atoms with Crippen molar-refractivity contribution in [3.63, 3.8) is 0 Å². The molecule has 158 valence electrons. The second-order valence-electron chi connectivity index (χ2n) is 8.08. The van der Waals surface area contributed by atoms with Crippen LogP contribution in [0.1, 0.15) is 56.3 Å². The van der Waals surface area contributed by atoms with Crippen LogP contribution >= 0.6 is 22.7 Å². The molecule has 1 saturated heterocycles. The Morgan fingerprint density at radius 1 is 1.17 bits per heavy atom. The van der Waals surface area contributed by atoms with Crippen LogP contribution in [0.5, 0.6) is 0 Å². The molecule has 1 aliphatic heterocycles. The first-order valence-corrected chi connectivity index (χ1v) is 12.1. The molecule has 1 aromatic carbocycles. The largest absolute Gasteiger partial charge is 0.344 e. The number of fused-ring (bicyclic) bond motifs is 1. The normalized spacial score (nSPS) is 17.2. The number of likely N-dealkylation sites (tertiary alicyclic amines) is 1. The average molecular weight is 442 g/mol. The van der Waals surface area contributed by atoms with Crippen LogP contribution < -0.4 is 0 Å². The number of benzene rings is 1. The molecule has 0 bridgehead atoms. The number of amides is 2. The number of rotatable bonds is 4. The second-order valence-corrected chi connectivity index (χ2v) is 9.99. The number of nitrogens with zero attached hydrogens (tertiary/aromatic N) is 3. The third kappa shape index (κ3) is 4.01. The molecular weight excluding hydrogens is 414 g/mol. The Balaban J connectivity index is 1.73. The fourth-order valence-corrected chi connectivity index (χ4v) is 6.22. The smallest absolute Gasteiger partial charge is 0.266 e. The molecule has 0 N–H and O–H groups in total. The Bertz CT molecular complexity index is 1070. The van der Waals surface area contributed by atoms with Gasteiger partial charge < -0.3 is 9.80 Å². The monoisotopic (exact) mass is 441 g/mol. The van der Waals surface area contributed by atoms with E-state index in [2.05, 4.69) is 17.1 Å². The average Bonchev–Trinajstić information content (AvgIpc) is 3.24. The number of carbonyl (C=O) groups excluding carboxylic acids is 2. The lowest BCUT2D eigenvalue weighted by molar-refractivity contribution is 0.0686. The number of hydrogen-bond acceptors (Lipinski definition) is 5. The summed E-state index contributed by atoms with van der Waals surface area (Å²) in [5, 5.41) is 1.14. The molecule has 0 saturated carbocycles. The Morgan fingerprint density at radius 3 is 2.70 bits per heavy atom. The summed E-state index contributed by atoms with van der Waals surface area (Å²) in [6.07, 6.45) is 4.94. The summed E-state index contributed by atoms with van der Waals surface area (Å²) < 4.78 is 1.13. The van der Waals surface area contributed by atoms with Gasteiger partial charge in [-0.05, 0) is 43.2 Å². The van der Waals surface area contributed by atoms with Crippen molar-refractivity contribution in [2.75, 3.05) is 20.6 Å². The van der Waals surface area contributed by atoms with E-state index in [-0.39, 0.29) is 17.9 Å². The summed E-state index contributed by atoms with van der Waals surface area (Å²) >= 11 is 2.98. The summed E-state index contributed by atoms with van der Waals surface area (Å²) in [4.78, 5) is 35.8. The van der Waals surface area contributed by atoms with Crippen molar-refractivity contribution in [2.45, 2.75) is 45.1 Å². The molecule has 1 fully saturated rings. The van der Waals surface area contributed by atoms with Crippen molar-refractivity contribution in [3.8, 4) is 0 Å². The maximum atomic E-state index is 13.4. The highest BCUT2D eigenvalue weighted by atomic mass is 32.1. The molecule has 3 heterocycles. The number of aromatic nitrogens is 1. The molecule has 0 radical (unpaired) electrons. The molecule has 4 rings (SSSR count). The molecule has 2 amide bonds. The van der Waals surface area contributed by atoms with E-state index >= 15 is 0 Å². The van der Waals surface area contributed by atoms with Gasteiger partial charge >= 0.3 is 0 Å². The summed E-state index contributed by atoms with van der Waals surface area (Å²) in [5.41, 5.74) is 3.63. The quantitative estimate of drug-likeness (QED) is 0.573. The fourth-order valence-electron chi connectivity index (χ4n) is 4.21. The highest BCUT2D eigenvalue weighted by Crippen LogP contribution is 2.35. The fraction of sp³-hybridized carbons (Fsp3) is 0.435. The minimum Gasteiger partial charge on any atom is -0.344 e. The van der Waals surface area contributed by atoms with E-state index in [0.717, 1.165) is 63.3 Å². The molecule has 5 nitrogen and oxygen atoms in total. The number of thiazole rings is 1. The zero-order chi connectivity index (χ0) is 21.3. The van der Waals surface area contributed by atoms with E-state index in [1.54, 1.807) is 35.8 Å². The van der Waals surface area contributed by atoms with E-state index in [1.165, 1.54) is 11.3 Å². The van der Waals surface area contributed by atoms with Gasteiger partial charge in [0.05, 0.1) is 16.1 Å². The predicted molar refractivity (Wildman–Crippen MR) is 124 cm³/mol. The minimum atomic E-state index is 0.0380. The van der Waals surface area contributed by atoms with E-state index in [9.17, 15) is 9.59 Å². The van der Waals surface area contributed by atoms with Crippen LogP contribution in [-0.2, 0) is 6.42 Å². The van der Waals surface area contributed by atoms with Crippen LogP contribution in [0, 0.1) is 6.92 Å². The highest BCUT2D eigenvalue weighted by Gasteiger charge is 2.31. The van der Waals surface area contributed by atoms with Crippen molar-refractivity contribution in [3.05, 3.63) is 50.8 Å². The van der Waals surface area contributed by atoms with Crippen LogP contribution in [0.3, 0.4) is 0 Å². The van der Waals surface area contributed by atoms with Crippen LogP contribution in [0.2, 0.25) is 0 Å². The topological polar surface area (TPSA) is 53.5 Å². The van der Waals surface area contributed by atoms with Crippen molar-refractivity contribution in [2.24, 2.45) is 0 Å². The first kappa shape index (κ1) is 21.0. The SMILES string of the molecule is Cc1ncsc1C(=O)N1CCCCC[C@H]1Cc1c(C(=O)N(C)C)sc2ccccc12. The van der Waals surface area contributed by atoms with E-state index in [1.807, 2.05) is 24.0 Å². The van der Waals surface area contributed by atoms with Gasteiger partial charge in [0.1, 0.15) is 4.88 Å². The van der Waals surface area contributed by atoms with Crippen molar-refractivity contribution >= 4 is 44.6 Å². The molecule has 3 aromatic rings. The van der Waals surface area contributed by atoms with Crippen molar-refractivity contribution < 1.29 is 9.59 Å². The Hall–Kier alpha value is -2.25. The molecule has 7 heteroatoms. The highest BCUT2D eigenvalue weighted by molar-refractivity contribution is 7.21. The van der Waals surface area contributed by atoms with Gasteiger partial charge in [-0.3, -0.25) is 9.59 Å². The maximum Gasteiger partial charge on any atom is 0.266 e. The van der Waals surface area contributed by atoms with E-state index < -0.39 is 0 Å². The number of thiophene rings is 1.